The average Bonchev–Trinajstić information content (AvgIpc) is 2.96. The fourth-order valence-electron chi connectivity index (χ4n) is 2.87. The SMILES string of the molecule is CC(=O)NNC(=O)C1C[C@@H](c2ccc(F)cc2F)N(C(=O)OC(C)(C)C)C1. The Balaban J connectivity index is 2.27. The molecule has 0 aromatic heterocycles. The Labute approximate surface area is 156 Å². The fourth-order valence-corrected chi connectivity index (χ4v) is 2.87. The molecule has 0 saturated carbocycles. The van der Waals surface area contributed by atoms with Crippen LogP contribution in [-0.4, -0.2) is 35.0 Å². The lowest BCUT2D eigenvalue weighted by atomic mass is 9.99. The Kier molecular flexibility index (Phi) is 6.02. The molecule has 1 aliphatic rings. The number of amides is 3. The highest BCUT2D eigenvalue weighted by Crippen LogP contribution is 2.37. The summed E-state index contributed by atoms with van der Waals surface area (Å²) in [6.07, 6.45) is -0.598. The van der Waals surface area contributed by atoms with Gasteiger partial charge in [-0.2, -0.15) is 0 Å². The van der Waals surface area contributed by atoms with E-state index >= 15 is 0 Å². The van der Waals surface area contributed by atoms with E-state index in [1.807, 2.05) is 0 Å². The molecule has 0 radical (unpaired) electrons. The lowest BCUT2D eigenvalue weighted by Gasteiger charge is -2.29. The summed E-state index contributed by atoms with van der Waals surface area (Å²) < 4.78 is 32.9. The Bertz CT molecular complexity index is 749. The van der Waals surface area contributed by atoms with Crippen molar-refractivity contribution in [2.45, 2.75) is 45.8 Å². The maximum absolute atomic E-state index is 14.3. The van der Waals surface area contributed by atoms with Crippen LogP contribution in [0.25, 0.3) is 0 Å². The van der Waals surface area contributed by atoms with E-state index in [4.69, 9.17) is 4.74 Å². The van der Waals surface area contributed by atoms with Crippen LogP contribution in [0.3, 0.4) is 0 Å². The van der Waals surface area contributed by atoms with Crippen LogP contribution in [-0.2, 0) is 14.3 Å². The second-order valence-electron chi connectivity index (χ2n) is 7.42. The van der Waals surface area contributed by atoms with Crippen LogP contribution in [0.4, 0.5) is 13.6 Å². The minimum Gasteiger partial charge on any atom is -0.444 e. The van der Waals surface area contributed by atoms with Crippen LogP contribution in [0, 0.1) is 17.6 Å². The summed E-state index contributed by atoms with van der Waals surface area (Å²) in [5.41, 5.74) is 3.75. The summed E-state index contributed by atoms with van der Waals surface area (Å²) in [6, 6.07) is 2.28. The van der Waals surface area contributed by atoms with Crippen molar-refractivity contribution >= 4 is 17.9 Å². The van der Waals surface area contributed by atoms with Crippen LogP contribution in [0.1, 0.15) is 45.7 Å². The number of nitrogens with one attached hydrogen (secondary N) is 2. The van der Waals surface area contributed by atoms with E-state index in [9.17, 15) is 23.2 Å². The van der Waals surface area contributed by atoms with Gasteiger partial charge in [-0.3, -0.25) is 20.4 Å². The molecule has 3 amide bonds. The monoisotopic (exact) mass is 383 g/mol. The van der Waals surface area contributed by atoms with Gasteiger partial charge in [-0.1, -0.05) is 6.07 Å². The minimum atomic E-state index is -0.809. The van der Waals surface area contributed by atoms with Gasteiger partial charge in [0.15, 0.2) is 0 Å². The van der Waals surface area contributed by atoms with Gasteiger partial charge in [0.05, 0.1) is 12.0 Å². The zero-order chi connectivity index (χ0) is 20.4. The number of nitrogens with zero attached hydrogens (tertiary/aromatic N) is 1. The molecular formula is C18H23F2N3O4. The van der Waals surface area contributed by atoms with Crippen molar-refractivity contribution < 1.29 is 27.9 Å². The third kappa shape index (κ3) is 5.38. The van der Waals surface area contributed by atoms with Crippen LogP contribution in [0.2, 0.25) is 0 Å². The number of benzene rings is 1. The maximum Gasteiger partial charge on any atom is 0.410 e. The molecule has 7 nitrogen and oxygen atoms in total. The van der Waals surface area contributed by atoms with Gasteiger partial charge in [0.25, 0.3) is 0 Å². The largest absolute Gasteiger partial charge is 0.444 e. The Morgan fingerprint density at radius 1 is 1.19 bits per heavy atom. The van der Waals surface area contributed by atoms with Crippen LogP contribution in [0.15, 0.2) is 18.2 Å². The molecule has 0 spiro atoms. The van der Waals surface area contributed by atoms with E-state index < -0.39 is 47.1 Å². The predicted molar refractivity (Wildman–Crippen MR) is 92.1 cm³/mol. The molecule has 1 aromatic carbocycles. The van der Waals surface area contributed by atoms with Gasteiger partial charge in [0, 0.05) is 25.1 Å². The van der Waals surface area contributed by atoms with Gasteiger partial charge >= 0.3 is 6.09 Å². The van der Waals surface area contributed by atoms with Crippen molar-refractivity contribution in [3.8, 4) is 0 Å². The Morgan fingerprint density at radius 3 is 2.41 bits per heavy atom. The molecule has 2 atom stereocenters. The van der Waals surface area contributed by atoms with E-state index in [0.29, 0.717) is 0 Å². The number of carbonyl (C=O) groups excluding carboxylic acids is 3. The molecule has 1 unspecified atom stereocenters. The highest BCUT2D eigenvalue weighted by molar-refractivity contribution is 5.83. The molecule has 1 fully saturated rings. The third-order valence-electron chi connectivity index (χ3n) is 3.98. The third-order valence-corrected chi connectivity index (χ3v) is 3.98. The molecule has 1 aromatic rings. The van der Waals surface area contributed by atoms with Crippen molar-refractivity contribution in [1.82, 2.24) is 15.8 Å². The molecular weight excluding hydrogens is 360 g/mol. The van der Waals surface area contributed by atoms with E-state index in [1.165, 1.54) is 17.9 Å². The summed E-state index contributed by atoms with van der Waals surface area (Å²) >= 11 is 0. The summed E-state index contributed by atoms with van der Waals surface area (Å²) in [7, 11) is 0. The van der Waals surface area contributed by atoms with E-state index in [-0.39, 0.29) is 18.5 Å². The molecule has 1 heterocycles. The van der Waals surface area contributed by atoms with Crippen LogP contribution >= 0.6 is 0 Å². The first-order chi connectivity index (χ1) is 12.5. The van der Waals surface area contributed by atoms with Crippen molar-refractivity contribution in [1.29, 1.82) is 0 Å². The summed E-state index contributed by atoms with van der Waals surface area (Å²) in [6.45, 7) is 6.28. The molecule has 2 N–H and O–H groups in total. The lowest BCUT2D eigenvalue weighted by molar-refractivity contribution is -0.130. The topological polar surface area (TPSA) is 87.7 Å². The first-order valence-corrected chi connectivity index (χ1v) is 8.49. The first kappa shape index (κ1) is 20.6. The van der Waals surface area contributed by atoms with Crippen molar-refractivity contribution in [3.63, 3.8) is 0 Å². The molecule has 27 heavy (non-hydrogen) atoms. The number of hydrogen-bond donors (Lipinski definition) is 2. The summed E-state index contributed by atoms with van der Waals surface area (Å²) in [5.74, 6) is -3.21. The minimum absolute atomic E-state index is 0.0260. The zero-order valence-corrected chi connectivity index (χ0v) is 15.6. The van der Waals surface area contributed by atoms with E-state index in [1.54, 1.807) is 20.8 Å². The van der Waals surface area contributed by atoms with Gasteiger partial charge in [-0.15, -0.1) is 0 Å². The Hall–Kier alpha value is -2.71. The zero-order valence-electron chi connectivity index (χ0n) is 15.6. The number of ether oxygens (including phenoxy) is 1. The lowest BCUT2D eigenvalue weighted by Crippen LogP contribution is -2.44. The first-order valence-electron chi connectivity index (χ1n) is 8.49. The normalized spacial score (nSPS) is 19.6. The van der Waals surface area contributed by atoms with Crippen LogP contribution in [0.5, 0.6) is 0 Å². The summed E-state index contributed by atoms with van der Waals surface area (Å²) in [5, 5.41) is 0. The maximum atomic E-state index is 14.3. The van der Waals surface area contributed by atoms with Gasteiger partial charge in [-0.25, -0.2) is 13.6 Å². The van der Waals surface area contributed by atoms with Gasteiger partial charge in [-0.05, 0) is 33.3 Å². The van der Waals surface area contributed by atoms with Crippen LogP contribution < -0.4 is 10.9 Å². The van der Waals surface area contributed by atoms with Crippen molar-refractivity contribution in [3.05, 3.63) is 35.4 Å². The quantitative estimate of drug-likeness (QED) is 0.768. The molecule has 1 saturated heterocycles. The smallest absolute Gasteiger partial charge is 0.410 e. The Morgan fingerprint density at radius 2 is 1.85 bits per heavy atom. The molecule has 0 bridgehead atoms. The molecule has 2 rings (SSSR count). The number of hydrogen-bond acceptors (Lipinski definition) is 4. The summed E-state index contributed by atoms with van der Waals surface area (Å²) in [4.78, 5) is 37.0. The van der Waals surface area contributed by atoms with Gasteiger partial charge in [0.2, 0.25) is 11.8 Å². The van der Waals surface area contributed by atoms with Crippen molar-refractivity contribution in [2.24, 2.45) is 5.92 Å². The van der Waals surface area contributed by atoms with E-state index in [2.05, 4.69) is 10.9 Å². The van der Waals surface area contributed by atoms with Crippen molar-refractivity contribution in [2.75, 3.05) is 6.54 Å². The predicted octanol–water partition coefficient (Wildman–Crippen LogP) is 2.43. The second-order valence-corrected chi connectivity index (χ2v) is 7.42. The molecule has 148 valence electrons. The molecule has 0 aliphatic carbocycles. The molecule has 1 aliphatic heterocycles. The highest BCUT2D eigenvalue weighted by Gasteiger charge is 2.42. The second kappa shape index (κ2) is 7.89. The highest BCUT2D eigenvalue weighted by atomic mass is 19.1. The number of halogens is 2. The van der Waals surface area contributed by atoms with Gasteiger partial charge in [0.1, 0.15) is 17.2 Å². The number of hydrazine groups is 1. The molecule has 9 heteroatoms. The average molecular weight is 383 g/mol. The van der Waals surface area contributed by atoms with E-state index in [0.717, 1.165) is 12.1 Å². The number of likely N-dealkylation sites (tertiary alicyclic amines) is 1. The number of rotatable bonds is 2. The standard InChI is InChI=1S/C18H23F2N3O4/c1-10(24)21-22-16(25)11-7-15(13-6-5-12(19)8-14(13)20)23(9-11)17(26)27-18(2,3)4/h5-6,8,11,15H,7,9H2,1-4H3,(H,21,24)(H,22,25)/t11?,15-/m0/s1. The fraction of sp³-hybridized carbons (Fsp3) is 0.500. The van der Waals surface area contributed by atoms with Gasteiger partial charge < -0.3 is 9.64 Å². The number of carbonyl (C=O) groups is 3.